The number of ether oxygens (including phenoxy) is 3. The third-order valence-corrected chi connectivity index (χ3v) is 10.5. The number of hydrogen-bond acceptors (Lipinski definition) is 11. The Balaban J connectivity index is 1.38. The van der Waals surface area contributed by atoms with Crippen LogP contribution in [-0.2, 0) is 10.5 Å². The summed E-state index contributed by atoms with van der Waals surface area (Å²) < 4.78 is 23.6. The molecular weight excluding hydrogens is 709 g/mol. The Morgan fingerprint density at radius 2 is 1.84 bits per heavy atom. The second-order valence-corrected chi connectivity index (χ2v) is 14.5. The van der Waals surface area contributed by atoms with Gasteiger partial charge in [0.15, 0.2) is 38.7 Å². The summed E-state index contributed by atoms with van der Waals surface area (Å²) in [4.78, 5) is 29.4. The minimum Gasteiger partial charge on any atom is -0.503 e. The molecule has 1 N–H and O–H groups in total. The van der Waals surface area contributed by atoms with Crippen molar-refractivity contribution >= 4 is 74.1 Å². The summed E-state index contributed by atoms with van der Waals surface area (Å²) in [5.74, 6) is -0.0346. The maximum absolute atomic E-state index is 14.2. The van der Waals surface area contributed by atoms with Crippen molar-refractivity contribution in [2.45, 2.75) is 36.4 Å². The van der Waals surface area contributed by atoms with Crippen LogP contribution in [0.15, 0.2) is 80.8 Å². The molecule has 5 aromatic rings. The lowest BCUT2D eigenvalue weighted by molar-refractivity contribution is -0.117. The lowest BCUT2D eigenvalue weighted by Crippen LogP contribution is -2.31. The number of aliphatic hydroxyl groups excluding tert-OH is 1. The second-order valence-electron chi connectivity index (χ2n) is 11.5. The number of methoxy groups -OCH3 is 2. The molecule has 1 atom stereocenters. The number of nitrogens with zero attached hydrogens (tertiary/aromatic N) is 3. The van der Waals surface area contributed by atoms with Gasteiger partial charge in [0, 0.05) is 21.2 Å². The van der Waals surface area contributed by atoms with Gasteiger partial charge in [0.25, 0.3) is 5.91 Å². The average Bonchev–Trinajstić information content (AvgIpc) is 3.80. The molecule has 3 aromatic carbocycles. The predicted octanol–water partition coefficient (Wildman–Crippen LogP) is 9.11. The number of amides is 1. The third kappa shape index (κ3) is 7.09. The van der Waals surface area contributed by atoms with Gasteiger partial charge in [-0.1, -0.05) is 84.4 Å². The van der Waals surface area contributed by atoms with E-state index in [0.717, 1.165) is 23.3 Å². The number of fused-ring (bicyclic) bond motifs is 1. The standard InChI is InChI=1S/C35H31Cl2N3O7S2/c1-18(2)12-13-46-24-11-9-19(14-26(24)45-4)29-28(30(41)27-15-20-6-5-7-25(44-3)32(20)47-27)31(42)33(43)40(29)34-38-39-35(49-34)48-17-21-8-10-22(36)16-23(21)37/h5-11,14-16,18,29,42H,12-13,17H2,1-4H3. The van der Waals surface area contributed by atoms with Gasteiger partial charge < -0.3 is 23.7 Å². The summed E-state index contributed by atoms with van der Waals surface area (Å²) in [5.41, 5.74) is 1.50. The number of thioether (sulfide) groups is 1. The van der Waals surface area contributed by atoms with E-state index in [9.17, 15) is 14.7 Å². The van der Waals surface area contributed by atoms with E-state index in [-0.39, 0.29) is 16.5 Å². The number of aromatic nitrogens is 2. The van der Waals surface area contributed by atoms with Gasteiger partial charge in [0.1, 0.15) is 0 Å². The zero-order chi connectivity index (χ0) is 34.8. The first-order chi connectivity index (χ1) is 23.6. The Morgan fingerprint density at radius 3 is 2.57 bits per heavy atom. The van der Waals surface area contributed by atoms with Crippen molar-refractivity contribution in [2.24, 2.45) is 5.92 Å². The molecule has 1 unspecified atom stereocenters. The number of carbonyl (C=O) groups is 2. The highest BCUT2D eigenvalue weighted by Gasteiger charge is 2.47. The summed E-state index contributed by atoms with van der Waals surface area (Å²) in [6.07, 6.45) is 0.842. The topological polar surface area (TPSA) is 124 Å². The first-order valence-electron chi connectivity index (χ1n) is 15.2. The summed E-state index contributed by atoms with van der Waals surface area (Å²) in [7, 11) is 3.01. The van der Waals surface area contributed by atoms with E-state index in [0.29, 0.717) is 66.4 Å². The van der Waals surface area contributed by atoms with Gasteiger partial charge in [-0.05, 0) is 59.9 Å². The van der Waals surface area contributed by atoms with Gasteiger partial charge >= 0.3 is 0 Å². The summed E-state index contributed by atoms with van der Waals surface area (Å²) in [6.45, 7) is 4.69. The molecule has 0 fully saturated rings. The smallest absolute Gasteiger partial charge is 0.296 e. The summed E-state index contributed by atoms with van der Waals surface area (Å²) in [5, 5.41) is 21.8. The van der Waals surface area contributed by atoms with Crippen molar-refractivity contribution in [1.29, 1.82) is 0 Å². The fraction of sp³-hybridized carbons (Fsp3) is 0.257. The molecular formula is C35H31Cl2N3O7S2. The molecule has 0 radical (unpaired) electrons. The van der Waals surface area contributed by atoms with Crippen molar-refractivity contribution in [2.75, 3.05) is 25.7 Å². The number of Topliss-reactive ketones (excluding diaryl/α,β-unsaturated/α-hetero) is 1. The van der Waals surface area contributed by atoms with Crippen LogP contribution in [0.3, 0.4) is 0 Å². The number of hydrogen-bond donors (Lipinski definition) is 1. The molecule has 1 aliphatic rings. The highest BCUT2D eigenvalue weighted by molar-refractivity contribution is 8.00. The molecule has 0 saturated heterocycles. The predicted molar refractivity (Wildman–Crippen MR) is 191 cm³/mol. The molecule has 0 aliphatic carbocycles. The van der Waals surface area contributed by atoms with Gasteiger partial charge in [-0.2, -0.15) is 0 Å². The number of aliphatic hydroxyl groups is 1. The van der Waals surface area contributed by atoms with Crippen molar-refractivity contribution < 1.29 is 33.3 Å². The quantitative estimate of drug-likeness (QED) is 0.0710. The average molecular weight is 741 g/mol. The van der Waals surface area contributed by atoms with E-state index in [2.05, 4.69) is 24.0 Å². The largest absolute Gasteiger partial charge is 0.503 e. The van der Waals surface area contributed by atoms with Crippen LogP contribution >= 0.6 is 46.3 Å². The van der Waals surface area contributed by atoms with Crippen LogP contribution in [0.25, 0.3) is 11.0 Å². The SMILES string of the molecule is COc1cc(C2C(C(=O)c3cc4cccc(OC)c4o3)=C(O)C(=O)N2c2nnc(SCc3ccc(Cl)cc3Cl)s2)ccc1OCCC(C)C. The normalized spacial score (nSPS) is 14.7. The molecule has 0 bridgehead atoms. The lowest BCUT2D eigenvalue weighted by atomic mass is 9.95. The maximum atomic E-state index is 14.2. The molecule has 0 spiro atoms. The zero-order valence-electron chi connectivity index (χ0n) is 26.9. The Kier molecular flexibility index (Phi) is 10.4. The van der Waals surface area contributed by atoms with Crippen LogP contribution < -0.4 is 19.1 Å². The highest BCUT2D eigenvalue weighted by Crippen LogP contribution is 2.46. The number of rotatable bonds is 13. The number of anilines is 1. The number of halogens is 2. The number of ketones is 1. The second kappa shape index (κ2) is 14.7. The first-order valence-corrected chi connectivity index (χ1v) is 17.7. The molecule has 1 amide bonds. The zero-order valence-corrected chi connectivity index (χ0v) is 30.0. The molecule has 14 heteroatoms. The third-order valence-electron chi connectivity index (χ3n) is 7.83. The van der Waals surface area contributed by atoms with Crippen LogP contribution in [0, 0.1) is 5.92 Å². The van der Waals surface area contributed by atoms with Crippen molar-refractivity contribution in [3.8, 4) is 17.2 Å². The van der Waals surface area contributed by atoms with Gasteiger partial charge in [-0.25, -0.2) is 0 Å². The van der Waals surface area contributed by atoms with Gasteiger partial charge in [-0.3, -0.25) is 14.5 Å². The van der Waals surface area contributed by atoms with E-state index >= 15 is 0 Å². The van der Waals surface area contributed by atoms with Crippen LogP contribution in [0.2, 0.25) is 10.0 Å². The van der Waals surface area contributed by atoms with Crippen molar-refractivity contribution in [1.82, 2.24) is 10.2 Å². The molecule has 0 saturated carbocycles. The Labute approximate surface area is 300 Å². The van der Waals surface area contributed by atoms with Crippen LogP contribution in [0.4, 0.5) is 5.13 Å². The van der Waals surface area contributed by atoms with E-state index in [1.807, 2.05) is 6.07 Å². The molecule has 2 aromatic heterocycles. The molecule has 49 heavy (non-hydrogen) atoms. The van der Waals surface area contributed by atoms with Crippen molar-refractivity contribution in [3.05, 3.63) is 98.9 Å². The van der Waals surface area contributed by atoms with Crippen LogP contribution in [-0.4, -0.2) is 47.8 Å². The molecule has 254 valence electrons. The van der Waals surface area contributed by atoms with E-state index in [1.165, 1.54) is 30.9 Å². The molecule has 3 heterocycles. The fourth-order valence-electron chi connectivity index (χ4n) is 5.31. The van der Waals surface area contributed by atoms with Crippen LogP contribution in [0.1, 0.15) is 48.0 Å². The Hall–Kier alpha value is -4.23. The Bertz CT molecular complexity index is 2080. The fourth-order valence-corrected chi connectivity index (χ4v) is 7.73. The minimum absolute atomic E-state index is 0.0744. The first kappa shape index (κ1) is 34.6. The van der Waals surface area contributed by atoms with Gasteiger partial charge in [0.2, 0.25) is 10.9 Å². The summed E-state index contributed by atoms with van der Waals surface area (Å²) >= 11 is 14.9. The van der Waals surface area contributed by atoms with E-state index in [1.54, 1.807) is 54.6 Å². The molecule has 10 nitrogen and oxygen atoms in total. The molecule has 6 rings (SSSR count). The minimum atomic E-state index is -1.11. The van der Waals surface area contributed by atoms with E-state index in [4.69, 9.17) is 41.8 Å². The summed E-state index contributed by atoms with van der Waals surface area (Å²) in [6, 6.07) is 16.1. The lowest BCUT2D eigenvalue weighted by Gasteiger charge is -2.24. The van der Waals surface area contributed by atoms with Gasteiger partial charge in [0.05, 0.1) is 32.4 Å². The number of furan rings is 1. The monoisotopic (exact) mass is 739 g/mol. The number of carbonyl (C=O) groups excluding carboxylic acids is 2. The van der Waals surface area contributed by atoms with Crippen LogP contribution in [0.5, 0.6) is 17.2 Å². The number of para-hydroxylation sites is 1. The van der Waals surface area contributed by atoms with Crippen molar-refractivity contribution in [3.63, 3.8) is 0 Å². The molecule has 1 aliphatic heterocycles. The number of benzene rings is 3. The van der Waals surface area contributed by atoms with E-state index < -0.39 is 23.5 Å². The van der Waals surface area contributed by atoms with Gasteiger partial charge in [-0.15, -0.1) is 10.2 Å². The highest BCUT2D eigenvalue weighted by atomic mass is 35.5. The maximum Gasteiger partial charge on any atom is 0.296 e. The Morgan fingerprint density at radius 1 is 1.04 bits per heavy atom.